The number of esters is 2. The number of nitrogens with zero attached hydrogens (tertiary/aromatic N) is 3. The maximum Gasteiger partial charge on any atom is 0.311 e. The van der Waals surface area contributed by atoms with E-state index in [4.69, 9.17) is 24.4 Å². The molecule has 414 valence electrons. The van der Waals surface area contributed by atoms with Gasteiger partial charge in [-0.05, 0) is 152 Å². The number of pyridine rings is 3. The highest BCUT2D eigenvalue weighted by Gasteiger charge is 2.59. The fourth-order valence-corrected chi connectivity index (χ4v) is 15.8. The Morgan fingerprint density at radius 1 is 0.299 bits per heavy atom. The van der Waals surface area contributed by atoms with Crippen LogP contribution in [-0.2, 0) is 25.8 Å². The van der Waals surface area contributed by atoms with Crippen molar-refractivity contribution in [2.24, 2.45) is 0 Å². The Balaban J connectivity index is 1.00. The zero-order chi connectivity index (χ0) is 57.8. The predicted molar refractivity (Wildman–Crippen MR) is 348 cm³/mol. The number of hydrogen-bond acceptors (Lipinski definition) is 7. The van der Waals surface area contributed by atoms with Crippen LogP contribution in [-0.4, -0.2) is 26.9 Å². The van der Waals surface area contributed by atoms with Gasteiger partial charge in [-0.3, -0.25) is 9.59 Å². The molecule has 0 bridgehead atoms. The van der Waals surface area contributed by atoms with E-state index in [1.54, 1.807) is 0 Å². The molecule has 0 saturated carbocycles. The van der Waals surface area contributed by atoms with Gasteiger partial charge in [-0.1, -0.05) is 200 Å². The molecular formula is C80H55N3O4. The monoisotopic (exact) mass is 1120 g/mol. The standard InChI is InChI=1S/C80H55N3O4/c84-70(86-56-25-3-1-4-26-56)41-43-78(61-38-35-50-19-7-13-29-58(50)72(61)75-64(78)45-53-22-10-16-32-67(53)81-75)48-80(63-40-37-52-21-9-15-31-60(52)74(63)77-66(80)47-55-24-12-18-34-69(55)83-77)49-79(44-42-71(85)87-57-27-5-2-6-28-57)62-39-36-51-20-8-14-30-59(51)73(62)76-65(79)46-54-23-11-17-33-68(54)82-76/h1-40,45-47H,41-44,48-49H2. The number of hydrogen-bond donors (Lipinski definition) is 0. The van der Waals surface area contributed by atoms with Crippen LogP contribution in [0.4, 0.5) is 0 Å². The summed E-state index contributed by atoms with van der Waals surface area (Å²) in [7, 11) is 0. The average molecular weight is 1120 g/mol. The number of para-hydroxylation sites is 5. The van der Waals surface area contributed by atoms with Crippen molar-refractivity contribution in [2.45, 2.75) is 54.8 Å². The van der Waals surface area contributed by atoms with Gasteiger partial charge in [0.25, 0.3) is 0 Å². The molecule has 3 heterocycles. The number of benzene rings is 11. The Kier molecular flexibility index (Phi) is 11.5. The zero-order valence-corrected chi connectivity index (χ0v) is 47.5. The molecule has 0 radical (unpaired) electrons. The maximum atomic E-state index is 15.0. The molecule has 0 aliphatic heterocycles. The largest absolute Gasteiger partial charge is 0.427 e. The van der Waals surface area contributed by atoms with E-state index in [1.165, 1.54) is 0 Å². The molecule has 3 aromatic heterocycles. The second kappa shape index (κ2) is 19.7. The highest BCUT2D eigenvalue weighted by Crippen LogP contribution is 2.68. The zero-order valence-electron chi connectivity index (χ0n) is 47.5. The van der Waals surface area contributed by atoms with Crippen molar-refractivity contribution >= 4 is 77.0 Å². The second-order valence-corrected chi connectivity index (χ2v) is 24.0. The molecular weight excluding hydrogens is 1070 g/mol. The average Bonchev–Trinajstić information content (AvgIpc) is 1.53. The molecule has 7 heteroatoms. The van der Waals surface area contributed by atoms with E-state index in [0.717, 1.165) is 132 Å². The van der Waals surface area contributed by atoms with Crippen LogP contribution in [0.15, 0.2) is 261 Å². The molecule has 11 aromatic carbocycles. The van der Waals surface area contributed by atoms with Crippen LogP contribution in [0.5, 0.6) is 11.5 Å². The van der Waals surface area contributed by atoms with Crippen molar-refractivity contribution in [3.8, 4) is 45.3 Å². The van der Waals surface area contributed by atoms with Gasteiger partial charge in [0.05, 0.1) is 33.6 Å². The summed E-state index contributed by atoms with van der Waals surface area (Å²) in [6.45, 7) is 0. The van der Waals surface area contributed by atoms with Gasteiger partial charge >= 0.3 is 11.9 Å². The molecule has 3 aliphatic carbocycles. The molecule has 7 nitrogen and oxygen atoms in total. The Bertz CT molecular complexity index is 4960. The van der Waals surface area contributed by atoms with E-state index in [-0.39, 0.29) is 24.8 Å². The fraction of sp³-hybridized carbons (Fsp3) is 0.113. The summed E-state index contributed by atoms with van der Waals surface area (Å²) < 4.78 is 12.6. The summed E-state index contributed by atoms with van der Waals surface area (Å²) in [4.78, 5) is 47.2. The Morgan fingerprint density at radius 2 is 0.598 bits per heavy atom. The molecule has 87 heavy (non-hydrogen) atoms. The number of aromatic nitrogens is 3. The molecule has 0 amide bonds. The van der Waals surface area contributed by atoms with Crippen LogP contribution in [0.25, 0.3) is 98.8 Å². The summed E-state index contributed by atoms with van der Waals surface area (Å²) in [6, 6.07) is 91.1. The third-order valence-electron chi connectivity index (χ3n) is 19.4. The smallest absolute Gasteiger partial charge is 0.311 e. The summed E-state index contributed by atoms with van der Waals surface area (Å²) in [5, 5.41) is 9.70. The van der Waals surface area contributed by atoms with Crippen LogP contribution in [0.1, 0.15) is 71.9 Å². The number of carbonyl (C=O) groups excluding carboxylic acids is 2. The first kappa shape index (κ1) is 50.8. The summed E-state index contributed by atoms with van der Waals surface area (Å²) >= 11 is 0. The second-order valence-electron chi connectivity index (χ2n) is 24.0. The van der Waals surface area contributed by atoms with Gasteiger partial charge in [0.1, 0.15) is 11.5 Å². The van der Waals surface area contributed by atoms with Crippen molar-refractivity contribution < 1.29 is 19.1 Å². The number of ether oxygens (including phenoxy) is 2. The highest BCUT2D eigenvalue weighted by molar-refractivity contribution is 6.07. The Labute approximate surface area is 502 Å². The highest BCUT2D eigenvalue weighted by atomic mass is 16.5. The first-order valence-corrected chi connectivity index (χ1v) is 30.1. The molecule has 14 aromatic rings. The lowest BCUT2D eigenvalue weighted by atomic mass is 9.54. The van der Waals surface area contributed by atoms with Gasteiger partial charge in [0, 0.05) is 61.9 Å². The lowest BCUT2D eigenvalue weighted by Gasteiger charge is -2.47. The Morgan fingerprint density at radius 3 is 0.966 bits per heavy atom. The maximum absolute atomic E-state index is 15.0. The first-order chi connectivity index (χ1) is 42.8. The fourth-order valence-electron chi connectivity index (χ4n) is 15.8. The van der Waals surface area contributed by atoms with E-state index >= 15 is 0 Å². The number of fused-ring (bicyclic) bond motifs is 18. The normalized spacial score (nSPS) is 17.7. The Hall–Kier alpha value is -10.6. The molecule has 0 fully saturated rings. The van der Waals surface area contributed by atoms with E-state index in [0.29, 0.717) is 37.2 Å². The quantitative estimate of drug-likeness (QED) is 0.0889. The van der Waals surface area contributed by atoms with Crippen molar-refractivity contribution in [3.63, 3.8) is 0 Å². The van der Waals surface area contributed by atoms with Crippen molar-refractivity contribution in [3.05, 3.63) is 294 Å². The molecule has 0 spiro atoms. The van der Waals surface area contributed by atoms with E-state index < -0.39 is 16.2 Å². The van der Waals surface area contributed by atoms with Gasteiger partial charge in [0.2, 0.25) is 0 Å². The topological polar surface area (TPSA) is 91.3 Å². The van der Waals surface area contributed by atoms with Crippen LogP contribution in [0.2, 0.25) is 0 Å². The molecule has 3 aliphatic rings. The van der Waals surface area contributed by atoms with E-state index in [9.17, 15) is 9.59 Å². The van der Waals surface area contributed by atoms with Gasteiger partial charge in [-0.15, -0.1) is 0 Å². The van der Waals surface area contributed by atoms with Gasteiger partial charge in [0.15, 0.2) is 0 Å². The number of carbonyl (C=O) groups is 2. The molecule has 2 unspecified atom stereocenters. The van der Waals surface area contributed by atoms with E-state index in [1.807, 2.05) is 60.7 Å². The van der Waals surface area contributed by atoms with Crippen molar-refractivity contribution in [1.82, 2.24) is 15.0 Å². The summed E-state index contributed by atoms with van der Waals surface area (Å²) in [5.41, 5.74) is 12.5. The van der Waals surface area contributed by atoms with Crippen molar-refractivity contribution in [2.75, 3.05) is 0 Å². The number of rotatable bonds is 12. The molecule has 0 saturated heterocycles. The molecule has 2 atom stereocenters. The first-order valence-electron chi connectivity index (χ1n) is 30.1. The lowest BCUT2D eigenvalue weighted by Crippen LogP contribution is -2.44. The summed E-state index contributed by atoms with van der Waals surface area (Å²) in [6.07, 6.45) is 1.92. The van der Waals surface area contributed by atoms with Gasteiger partial charge in [-0.2, -0.15) is 0 Å². The third kappa shape index (κ3) is 7.92. The van der Waals surface area contributed by atoms with Gasteiger partial charge < -0.3 is 9.47 Å². The third-order valence-corrected chi connectivity index (χ3v) is 19.4. The van der Waals surface area contributed by atoms with E-state index in [2.05, 4.69) is 200 Å². The minimum Gasteiger partial charge on any atom is -0.427 e. The van der Waals surface area contributed by atoms with Crippen LogP contribution < -0.4 is 9.47 Å². The summed E-state index contributed by atoms with van der Waals surface area (Å²) in [5.74, 6) is 0.369. The van der Waals surface area contributed by atoms with Crippen LogP contribution >= 0.6 is 0 Å². The SMILES string of the molecule is O=C(CCC1(CC2(CC3(CCC(=O)Oc4ccccc4)c4cc5ccccc5nc4-c4c3ccc3ccccc43)c3cc4ccccc4nc3-c3c2ccc2ccccc32)c2cc3ccccc3nc2-c2c1ccc1ccccc21)Oc1ccccc1. The lowest BCUT2D eigenvalue weighted by molar-refractivity contribution is -0.135. The van der Waals surface area contributed by atoms with Gasteiger partial charge in [-0.25, -0.2) is 15.0 Å². The van der Waals surface area contributed by atoms with Crippen LogP contribution in [0, 0.1) is 0 Å². The van der Waals surface area contributed by atoms with Crippen molar-refractivity contribution in [1.29, 1.82) is 0 Å². The van der Waals surface area contributed by atoms with Crippen LogP contribution in [0.3, 0.4) is 0 Å². The minimum atomic E-state index is -0.954. The molecule has 17 rings (SSSR count). The molecule has 0 N–H and O–H groups in total. The predicted octanol–water partition coefficient (Wildman–Crippen LogP) is 18.5. The minimum absolute atomic E-state index is 0.0982.